The van der Waals surface area contributed by atoms with Gasteiger partial charge in [0, 0.05) is 6.42 Å². The lowest BCUT2D eigenvalue weighted by Crippen LogP contribution is -2.39. The van der Waals surface area contributed by atoms with Gasteiger partial charge in [-0.3, -0.25) is 0 Å². The second-order valence-corrected chi connectivity index (χ2v) is 13.1. The third kappa shape index (κ3) is 5.53. The van der Waals surface area contributed by atoms with E-state index in [9.17, 15) is 0 Å². The molecule has 224 valence electrons. The zero-order valence-corrected chi connectivity index (χ0v) is 26.1. The third-order valence-corrected chi connectivity index (χ3v) is 9.71. The van der Waals surface area contributed by atoms with E-state index >= 15 is 0 Å². The number of rotatable bonds is 9. The predicted octanol–water partition coefficient (Wildman–Crippen LogP) is 8.01. The number of ether oxygens (including phenoxy) is 4. The summed E-state index contributed by atoms with van der Waals surface area (Å²) in [5.41, 5.74) is 4.53. The number of benzene rings is 4. The first-order chi connectivity index (χ1) is 21.4. The molecule has 0 unspecified atom stereocenters. The lowest BCUT2D eigenvalue weighted by Gasteiger charge is -2.37. The topological polar surface area (TPSA) is 49.8 Å². The minimum absolute atomic E-state index is 0.262. The first kappa shape index (κ1) is 29.1. The van der Waals surface area contributed by atoms with Gasteiger partial charge in [-0.05, 0) is 43.0 Å². The van der Waals surface area contributed by atoms with Gasteiger partial charge in [0.2, 0.25) is 0 Å². The van der Waals surface area contributed by atoms with Crippen molar-refractivity contribution in [3.05, 3.63) is 159 Å². The molecular formula is C38H37NO4S. The zero-order valence-electron chi connectivity index (χ0n) is 25.3. The van der Waals surface area contributed by atoms with Gasteiger partial charge < -0.3 is 18.9 Å². The van der Waals surface area contributed by atoms with Crippen LogP contribution in [0.25, 0.3) is 0 Å². The average molecular weight is 604 g/mol. The molecule has 44 heavy (non-hydrogen) atoms. The summed E-state index contributed by atoms with van der Waals surface area (Å²) >= 11 is 1.70. The smallest absolute Gasteiger partial charge is 0.164 e. The summed E-state index contributed by atoms with van der Waals surface area (Å²) in [5, 5.41) is 1.07. The van der Waals surface area contributed by atoms with Gasteiger partial charge in [-0.25, -0.2) is 4.98 Å². The van der Waals surface area contributed by atoms with Crippen molar-refractivity contribution in [2.45, 2.75) is 63.0 Å². The molecular weight excluding hydrogens is 566 g/mol. The van der Waals surface area contributed by atoms with Gasteiger partial charge in [0.15, 0.2) is 5.79 Å². The molecule has 0 saturated carbocycles. The largest absolute Gasteiger partial charge is 0.361 e. The van der Waals surface area contributed by atoms with Crippen molar-refractivity contribution in [3.8, 4) is 0 Å². The number of hydrogen-bond acceptors (Lipinski definition) is 6. The monoisotopic (exact) mass is 603 g/mol. The van der Waals surface area contributed by atoms with E-state index in [0.29, 0.717) is 6.61 Å². The van der Waals surface area contributed by atoms with Gasteiger partial charge in [0.25, 0.3) is 0 Å². The third-order valence-electron chi connectivity index (χ3n) is 8.49. The van der Waals surface area contributed by atoms with Crippen LogP contribution in [0.1, 0.15) is 57.8 Å². The Balaban J connectivity index is 1.23. The summed E-state index contributed by atoms with van der Waals surface area (Å²) in [6.07, 6.45) is -0.398. The maximum atomic E-state index is 7.17. The van der Waals surface area contributed by atoms with Crippen molar-refractivity contribution < 1.29 is 18.9 Å². The van der Waals surface area contributed by atoms with E-state index in [4.69, 9.17) is 23.9 Å². The number of nitrogens with zero attached hydrogens (tertiary/aromatic N) is 1. The van der Waals surface area contributed by atoms with Crippen LogP contribution in [-0.4, -0.2) is 35.7 Å². The van der Waals surface area contributed by atoms with Crippen LogP contribution in [0.4, 0.5) is 0 Å². The molecule has 0 N–H and O–H groups in total. The molecule has 2 aliphatic heterocycles. The molecule has 6 heteroatoms. The van der Waals surface area contributed by atoms with Crippen molar-refractivity contribution in [1.82, 2.24) is 4.98 Å². The lowest BCUT2D eigenvalue weighted by molar-refractivity contribution is -0.196. The summed E-state index contributed by atoms with van der Waals surface area (Å²) in [6.45, 7) is 6.32. The summed E-state index contributed by atoms with van der Waals surface area (Å²) in [7, 11) is 0. The molecule has 3 heterocycles. The quantitative estimate of drug-likeness (QED) is 0.160. The molecule has 4 atom stereocenters. The first-order valence-electron chi connectivity index (χ1n) is 15.2. The number of fused-ring (bicyclic) bond motifs is 1. The lowest BCUT2D eigenvalue weighted by atomic mass is 9.80. The molecule has 4 aromatic carbocycles. The van der Waals surface area contributed by atoms with Gasteiger partial charge in [-0.15, -0.1) is 11.3 Å². The van der Waals surface area contributed by atoms with Crippen LogP contribution in [0.5, 0.6) is 0 Å². The number of thiazole rings is 1. The highest BCUT2D eigenvalue weighted by atomic mass is 32.1. The van der Waals surface area contributed by atoms with Crippen LogP contribution in [0.2, 0.25) is 0 Å². The highest BCUT2D eigenvalue weighted by molar-refractivity contribution is 7.11. The van der Waals surface area contributed by atoms with E-state index in [2.05, 4.69) is 104 Å². The Kier molecular flexibility index (Phi) is 7.95. The molecule has 0 amide bonds. The number of hydrogen-bond donors (Lipinski definition) is 0. The van der Waals surface area contributed by atoms with Crippen LogP contribution in [0.3, 0.4) is 0 Å². The Hall–Kier alpha value is -3.65. The minimum atomic E-state index is -0.848. The van der Waals surface area contributed by atoms with Crippen LogP contribution >= 0.6 is 11.3 Å². The molecule has 0 bridgehead atoms. The van der Waals surface area contributed by atoms with E-state index in [-0.39, 0.29) is 24.4 Å². The molecule has 1 aromatic heterocycles. The van der Waals surface area contributed by atoms with Crippen LogP contribution in [0, 0.1) is 6.92 Å². The van der Waals surface area contributed by atoms with Crippen LogP contribution in [-0.2, 0) is 31.0 Å². The molecule has 2 fully saturated rings. The molecule has 0 aliphatic carbocycles. The van der Waals surface area contributed by atoms with Gasteiger partial charge in [0.1, 0.15) is 30.0 Å². The highest BCUT2D eigenvalue weighted by Gasteiger charge is 2.57. The Morgan fingerprint density at radius 1 is 0.727 bits per heavy atom. The van der Waals surface area contributed by atoms with Crippen molar-refractivity contribution in [2.24, 2.45) is 0 Å². The summed E-state index contributed by atoms with van der Waals surface area (Å²) in [6, 6.07) is 41.7. The van der Waals surface area contributed by atoms with Crippen LogP contribution < -0.4 is 0 Å². The van der Waals surface area contributed by atoms with Crippen molar-refractivity contribution >= 4 is 11.3 Å². The summed E-state index contributed by atoms with van der Waals surface area (Å²) in [4.78, 5) is 6.03. The zero-order chi connectivity index (χ0) is 30.1. The Bertz CT molecular complexity index is 1580. The highest BCUT2D eigenvalue weighted by Crippen LogP contribution is 2.48. The maximum absolute atomic E-state index is 7.17. The normalized spacial score (nSPS) is 22.6. The van der Waals surface area contributed by atoms with Gasteiger partial charge in [-0.2, -0.15) is 0 Å². The first-order valence-corrected chi connectivity index (χ1v) is 16.1. The molecule has 7 rings (SSSR count). The molecule has 5 nitrogen and oxygen atoms in total. The van der Waals surface area contributed by atoms with E-state index in [1.165, 1.54) is 5.56 Å². The van der Waals surface area contributed by atoms with E-state index in [1.807, 2.05) is 38.1 Å². The minimum Gasteiger partial charge on any atom is -0.361 e. The second kappa shape index (κ2) is 12.0. The van der Waals surface area contributed by atoms with Crippen LogP contribution in [0.15, 0.2) is 121 Å². The fraction of sp³-hybridized carbons (Fsp3) is 0.289. The Morgan fingerprint density at radius 2 is 1.23 bits per heavy atom. The molecule has 2 aliphatic rings. The Labute approximate surface area is 263 Å². The molecule has 5 aromatic rings. The summed E-state index contributed by atoms with van der Waals surface area (Å²) < 4.78 is 27.1. The van der Waals surface area contributed by atoms with Gasteiger partial charge in [0.05, 0.1) is 22.2 Å². The fourth-order valence-electron chi connectivity index (χ4n) is 6.58. The van der Waals surface area contributed by atoms with E-state index in [0.717, 1.165) is 38.7 Å². The molecule has 2 saturated heterocycles. The van der Waals surface area contributed by atoms with E-state index in [1.54, 1.807) is 11.3 Å². The van der Waals surface area contributed by atoms with E-state index < -0.39 is 11.4 Å². The fourth-order valence-corrected chi connectivity index (χ4v) is 7.75. The van der Waals surface area contributed by atoms with Gasteiger partial charge in [-0.1, -0.05) is 121 Å². The second-order valence-electron chi connectivity index (χ2n) is 12.0. The standard InChI is InChI=1S/C38H37NO4S/c1-26-36(44-32(39-26)24-27-16-8-4-9-17-27)35-34-33(42-37(2,3)43-34)31(41-35)25-40-38(28-18-10-5-11-19-28,29-20-12-6-13-21-29)30-22-14-7-15-23-30/h4-23,31,33-35H,24-25H2,1-3H3/t31-,33-,34-,35-/m1/s1. The SMILES string of the molecule is Cc1nc(Cc2ccccc2)sc1[C@@H]1O[C@H](COC(c2ccccc2)(c2ccccc2)c2ccccc2)[C@H]2OC(C)(C)O[C@H]21. The average Bonchev–Trinajstić information content (AvgIpc) is 3.68. The number of aryl methyl sites for hydroxylation is 1. The molecule has 0 radical (unpaired) electrons. The summed E-state index contributed by atoms with van der Waals surface area (Å²) in [5.74, 6) is -0.726. The van der Waals surface area contributed by atoms with Gasteiger partial charge >= 0.3 is 0 Å². The van der Waals surface area contributed by atoms with Crippen molar-refractivity contribution in [3.63, 3.8) is 0 Å². The predicted molar refractivity (Wildman–Crippen MR) is 173 cm³/mol. The molecule has 0 spiro atoms. The van der Waals surface area contributed by atoms with Crippen molar-refractivity contribution in [1.29, 1.82) is 0 Å². The number of aromatic nitrogens is 1. The van der Waals surface area contributed by atoms with Crippen molar-refractivity contribution in [2.75, 3.05) is 6.61 Å². The Morgan fingerprint density at radius 3 is 1.77 bits per heavy atom. The maximum Gasteiger partial charge on any atom is 0.164 e.